The molecule has 0 bridgehead atoms. The Morgan fingerprint density at radius 3 is 1.90 bits per heavy atom. The molecule has 0 spiro atoms. The standard InChI is InChI=1S/C14H8Cl2O3S.Li/c15-13-8-4-1-2-5-9(8)14(16)12-10(13)6-3-7-11(12)20(17,18)19;/h1-7H,(H,17,18,19);. The Balaban J connectivity index is 0.00000161. The topological polar surface area (TPSA) is 54.4 Å². The Morgan fingerprint density at radius 1 is 0.810 bits per heavy atom. The van der Waals surface area contributed by atoms with Crippen LogP contribution in [0.15, 0.2) is 47.4 Å². The number of hydrogen-bond acceptors (Lipinski definition) is 2. The van der Waals surface area contributed by atoms with E-state index in [4.69, 9.17) is 23.2 Å². The first-order valence-corrected chi connectivity index (χ1v) is 7.87. The van der Waals surface area contributed by atoms with Gasteiger partial charge in [-0.15, -0.1) is 0 Å². The zero-order valence-corrected chi connectivity index (χ0v) is 13.3. The molecule has 0 saturated carbocycles. The van der Waals surface area contributed by atoms with Crippen molar-refractivity contribution >= 4 is 73.7 Å². The molecule has 0 atom stereocenters. The van der Waals surface area contributed by atoms with Gasteiger partial charge in [-0.25, -0.2) is 0 Å². The fourth-order valence-electron chi connectivity index (χ4n) is 2.30. The number of rotatable bonds is 1. The van der Waals surface area contributed by atoms with Crippen LogP contribution in [0.1, 0.15) is 0 Å². The molecule has 3 aromatic rings. The predicted octanol–water partition coefficient (Wildman–Crippen LogP) is 4.17. The van der Waals surface area contributed by atoms with E-state index in [0.29, 0.717) is 15.8 Å². The van der Waals surface area contributed by atoms with E-state index in [2.05, 4.69) is 0 Å². The van der Waals surface area contributed by atoms with Crippen molar-refractivity contribution in [3.8, 4) is 0 Å². The van der Waals surface area contributed by atoms with E-state index in [1.165, 1.54) is 12.1 Å². The quantitative estimate of drug-likeness (QED) is 0.413. The molecule has 0 amide bonds. The Hall–Kier alpha value is -0.733. The van der Waals surface area contributed by atoms with Crippen LogP contribution in [0, 0.1) is 0 Å². The minimum atomic E-state index is -4.38. The monoisotopic (exact) mass is 333 g/mol. The van der Waals surface area contributed by atoms with Crippen molar-refractivity contribution in [1.29, 1.82) is 0 Å². The second-order valence-electron chi connectivity index (χ2n) is 4.33. The largest absolute Gasteiger partial charge is 0.295 e. The third kappa shape index (κ3) is 2.68. The molecule has 3 aromatic carbocycles. The van der Waals surface area contributed by atoms with Crippen molar-refractivity contribution in [2.75, 3.05) is 0 Å². The summed E-state index contributed by atoms with van der Waals surface area (Å²) >= 11 is 12.7. The molecule has 103 valence electrons. The Labute approximate surface area is 143 Å². The zero-order chi connectivity index (χ0) is 14.5. The van der Waals surface area contributed by atoms with Crippen LogP contribution in [-0.2, 0) is 10.1 Å². The van der Waals surface area contributed by atoms with Gasteiger partial charge in [-0.05, 0) is 6.07 Å². The van der Waals surface area contributed by atoms with Crippen molar-refractivity contribution in [3.05, 3.63) is 52.5 Å². The van der Waals surface area contributed by atoms with Crippen molar-refractivity contribution in [2.45, 2.75) is 4.90 Å². The summed E-state index contributed by atoms with van der Waals surface area (Å²) in [6.45, 7) is 0. The third-order valence-corrected chi connectivity index (χ3v) is 4.86. The summed E-state index contributed by atoms with van der Waals surface area (Å²) in [6.07, 6.45) is 0. The normalized spacial score (nSPS) is 11.6. The maximum absolute atomic E-state index is 11.5. The van der Waals surface area contributed by atoms with E-state index < -0.39 is 10.1 Å². The van der Waals surface area contributed by atoms with Gasteiger partial charge in [-0.3, -0.25) is 4.55 Å². The number of hydrogen-bond donors (Lipinski definition) is 1. The molecule has 1 radical (unpaired) electrons. The number of halogens is 2. The van der Waals surface area contributed by atoms with Crippen LogP contribution in [0.25, 0.3) is 21.5 Å². The minimum Gasteiger partial charge on any atom is -0.282 e. The second-order valence-corrected chi connectivity index (χ2v) is 6.47. The van der Waals surface area contributed by atoms with Crippen molar-refractivity contribution in [2.24, 2.45) is 0 Å². The fourth-order valence-corrected chi connectivity index (χ4v) is 3.77. The molecule has 3 nitrogen and oxygen atoms in total. The van der Waals surface area contributed by atoms with E-state index in [1.807, 2.05) is 12.1 Å². The SMILES string of the molecule is O=S(=O)(O)c1cccc2c(Cl)c3ccccc3c(Cl)c12.[Li]. The van der Waals surface area contributed by atoms with Crippen molar-refractivity contribution in [3.63, 3.8) is 0 Å². The van der Waals surface area contributed by atoms with E-state index in [1.54, 1.807) is 18.2 Å². The van der Waals surface area contributed by atoms with Gasteiger partial charge in [0.1, 0.15) is 4.90 Å². The summed E-state index contributed by atoms with van der Waals surface area (Å²) in [5.74, 6) is 0. The number of fused-ring (bicyclic) bond motifs is 2. The van der Waals surface area contributed by atoms with Crippen LogP contribution in [0.2, 0.25) is 10.0 Å². The van der Waals surface area contributed by atoms with Crippen molar-refractivity contribution in [1.82, 2.24) is 0 Å². The molecule has 0 fully saturated rings. The Bertz CT molecular complexity index is 955. The van der Waals surface area contributed by atoms with Gasteiger partial charge in [0.15, 0.2) is 0 Å². The summed E-state index contributed by atoms with van der Waals surface area (Å²) in [5.41, 5.74) is 0. The van der Waals surface area contributed by atoms with Crippen LogP contribution < -0.4 is 0 Å². The summed E-state index contributed by atoms with van der Waals surface area (Å²) in [7, 11) is -4.38. The first kappa shape index (κ1) is 16.6. The van der Waals surface area contributed by atoms with Gasteiger partial charge < -0.3 is 0 Å². The maximum Gasteiger partial charge on any atom is 0.295 e. The third-order valence-electron chi connectivity index (χ3n) is 3.16. The fraction of sp³-hybridized carbons (Fsp3) is 0. The van der Waals surface area contributed by atoms with E-state index in [9.17, 15) is 13.0 Å². The van der Waals surface area contributed by atoms with Crippen LogP contribution in [-0.4, -0.2) is 31.8 Å². The van der Waals surface area contributed by atoms with Gasteiger partial charge in [0.2, 0.25) is 0 Å². The zero-order valence-electron chi connectivity index (χ0n) is 11.0. The minimum absolute atomic E-state index is 0. The molecule has 0 aliphatic heterocycles. The first-order chi connectivity index (χ1) is 9.41. The van der Waals surface area contributed by atoms with Crippen LogP contribution in [0.3, 0.4) is 0 Å². The summed E-state index contributed by atoms with van der Waals surface area (Å²) in [4.78, 5) is -0.243. The smallest absolute Gasteiger partial charge is 0.282 e. The van der Waals surface area contributed by atoms with Gasteiger partial charge in [-0.2, -0.15) is 8.42 Å². The van der Waals surface area contributed by atoms with Crippen molar-refractivity contribution < 1.29 is 13.0 Å². The van der Waals surface area contributed by atoms with E-state index in [0.717, 1.165) is 5.39 Å². The van der Waals surface area contributed by atoms with Gasteiger partial charge in [0.05, 0.1) is 10.0 Å². The molecule has 0 aromatic heterocycles. The molecule has 21 heavy (non-hydrogen) atoms. The summed E-state index contributed by atoms with van der Waals surface area (Å²) in [5, 5.41) is 2.77. The summed E-state index contributed by atoms with van der Waals surface area (Å²) < 4.78 is 32.3. The van der Waals surface area contributed by atoms with Crippen LogP contribution >= 0.6 is 23.2 Å². The molecule has 0 heterocycles. The molecule has 0 unspecified atom stereocenters. The predicted molar refractivity (Wildman–Crippen MR) is 87.0 cm³/mol. The first-order valence-electron chi connectivity index (χ1n) is 5.67. The van der Waals surface area contributed by atoms with E-state index in [-0.39, 0.29) is 34.2 Å². The molecular formula is C14H8Cl2LiO3S. The molecule has 1 N–H and O–H groups in total. The van der Waals surface area contributed by atoms with Gasteiger partial charge >= 0.3 is 0 Å². The molecule has 0 aliphatic carbocycles. The Morgan fingerprint density at radius 2 is 1.33 bits per heavy atom. The van der Waals surface area contributed by atoms with Gasteiger partial charge in [0.25, 0.3) is 10.1 Å². The van der Waals surface area contributed by atoms with Gasteiger partial charge in [-0.1, -0.05) is 59.6 Å². The Kier molecular flexibility index (Phi) is 4.60. The second kappa shape index (κ2) is 5.81. The summed E-state index contributed by atoms with van der Waals surface area (Å²) in [6, 6.07) is 11.7. The van der Waals surface area contributed by atoms with Gasteiger partial charge in [0, 0.05) is 40.4 Å². The molecular weight excluding hydrogens is 326 g/mol. The maximum atomic E-state index is 11.5. The average molecular weight is 334 g/mol. The molecule has 7 heteroatoms. The van der Waals surface area contributed by atoms with Crippen LogP contribution in [0.4, 0.5) is 0 Å². The molecule has 3 rings (SSSR count). The average Bonchev–Trinajstić information content (AvgIpc) is 2.43. The van der Waals surface area contributed by atoms with Crippen LogP contribution in [0.5, 0.6) is 0 Å². The number of benzene rings is 3. The molecule has 0 aliphatic rings. The van der Waals surface area contributed by atoms with E-state index >= 15 is 0 Å². The molecule has 0 saturated heterocycles.